The van der Waals surface area contributed by atoms with Gasteiger partial charge in [0, 0.05) is 41.6 Å². The zero-order chi connectivity index (χ0) is 17.6. The quantitative estimate of drug-likeness (QED) is 0.615. The lowest BCUT2D eigenvalue weighted by Crippen LogP contribution is -2.15. The van der Waals surface area contributed by atoms with Gasteiger partial charge in [-0.2, -0.15) is 0 Å². The second-order valence-corrected chi connectivity index (χ2v) is 6.53. The number of hydrogen-bond acceptors (Lipinski definition) is 2. The highest BCUT2D eigenvalue weighted by molar-refractivity contribution is 6.35. The molecule has 0 saturated carbocycles. The maximum atomic E-state index is 12.2. The van der Waals surface area contributed by atoms with Crippen molar-refractivity contribution in [1.82, 2.24) is 9.55 Å². The van der Waals surface area contributed by atoms with E-state index in [1.165, 1.54) is 0 Å². The summed E-state index contributed by atoms with van der Waals surface area (Å²) in [5.41, 5.74) is 1.22. The van der Waals surface area contributed by atoms with Crippen molar-refractivity contribution in [2.75, 3.05) is 6.61 Å². The number of H-pyrrole nitrogens is 1. The zero-order valence-corrected chi connectivity index (χ0v) is 15.1. The van der Waals surface area contributed by atoms with Crippen LogP contribution in [0, 0.1) is 0 Å². The monoisotopic (exact) mass is 376 g/mol. The molecule has 0 fully saturated rings. The summed E-state index contributed by atoms with van der Waals surface area (Å²) in [6.45, 7) is 1.40. The number of hydrogen-bond donors (Lipinski definition) is 1. The van der Waals surface area contributed by atoms with Crippen LogP contribution in [-0.4, -0.2) is 16.2 Å². The Balaban J connectivity index is 1.69. The molecule has 25 heavy (non-hydrogen) atoms. The third kappa shape index (κ3) is 4.68. The minimum atomic E-state index is -0.172. The van der Waals surface area contributed by atoms with Crippen LogP contribution in [0.15, 0.2) is 59.8 Å². The van der Waals surface area contributed by atoms with E-state index in [4.69, 9.17) is 27.9 Å². The van der Waals surface area contributed by atoms with Crippen molar-refractivity contribution in [3.63, 3.8) is 0 Å². The van der Waals surface area contributed by atoms with E-state index in [1.807, 2.05) is 30.6 Å². The number of nitrogens with zero attached hydrogens (tertiary/aromatic N) is 1. The maximum Gasteiger partial charge on any atom is 0.255 e. The number of ether oxygens (including phenoxy) is 1. The van der Waals surface area contributed by atoms with Crippen LogP contribution in [0.25, 0.3) is 0 Å². The van der Waals surface area contributed by atoms with Gasteiger partial charge in [-0.05, 0) is 42.3 Å². The minimum absolute atomic E-state index is 0.172. The van der Waals surface area contributed by atoms with E-state index >= 15 is 0 Å². The second-order valence-electron chi connectivity index (χ2n) is 5.68. The summed E-state index contributed by atoms with van der Waals surface area (Å²) in [7, 11) is 0. The molecule has 4 nitrogen and oxygen atoms in total. The Morgan fingerprint density at radius 3 is 2.68 bits per heavy atom. The lowest BCUT2D eigenvalue weighted by molar-refractivity contribution is 0.298. The van der Waals surface area contributed by atoms with Crippen LogP contribution >= 0.6 is 23.2 Å². The van der Waals surface area contributed by atoms with Gasteiger partial charge in [0.25, 0.3) is 5.56 Å². The predicted molar refractivity (Wildman–Crippen MR) is 101 cm³/mol. The van der Waals surface area contributed by atoms with Crippen LogP contribution in [0.4, 0.5) is 0 Å². The number of aryl methyl sites for hydroxylation is 1. The molecule has 3 rings (SSSR count). The zero-order valence-electron chi connectivity index (χ0n) is 13.5. The van der Waals surface area contributed by atoms with E-state index in [-0.39, 0.29) is 5.56 Å². The second kappa shape index (κ2) is 8.28. The number of nitrogens with one attached hydrogen (secondary N) is 1. The molecular weight excluding hydrogens is 359 g/mol. The molecule has 2 aromatic heterocycles. The first-order valence-corrected chi connectivity index (χ1v) is 8.77. The molecule has 2 heterocycles. The highest BCUT2D eigenvalue weighted by Crippen LogP contribution is 2.25. The van der Waals surface area contributed by atoms with E-state index in [0.717, 1.165) is 18.5 Å². The summed E-state index contributed by atoms with van der Waals surface area (Å²) in [4.78, 5) is 14.9. The van der Waals surface area contributed by atoms with Crippen molar-refractivity contribution < 1.29 is 4.74 Å². The lowest BCUT2D eigenvalue weighted by Gasteiger charge is -2.12. The number of pyridine rings is 1. The molecule has 1 aromatic carbocycles. The average molecular weight is 377 g/mol. The van der Waals surface area contributed by atoms with Crippen molar-refractivity contribution >= 4 is 23.2 Å². The Morgan fingerprint density at radius 1 is 1.12 bits per heavy atom. The van der Waals surface area contributed by atoms with Gasteiger partial charge < -0.3 is 14.3 Å². The lowest BCUT2D eigenvalue weighted by atomic mass is 10.1. The molecule has 1 N–H and O–H groups in total. The molecule has 0 spiro atoms. The van der Waals surface area contributed by atoms with Crippen molar-refractivity contribution in [3.05, 3.63) is 86.5 Å². The fraction of sp³-hybridized carbons (Fsp3) is 0.211. The molecule has 6 heteroatoms. The molecule has 0 aliphatic heterocycles. The molecule has 0 aliphatic rings. The van der Waals surface area contributed by atoms with Crippen LogP contribution in [0.2, 0.25) is 10.0 Å². The van der Waals surface area contributed by atoms with Gasteiger partial charge in [0.1, 0.15) is 5.75 Å². The van der Waals surface area contributed by atoms with Gasteiger partial charge >= 0.3 is 0 Å². The fourth-order valence-electron chi connectivity index (χ4n) is 2.60. The van der Waals surface area contributed by atoms with Crippen LogP contribution in [-0.2, 0) is 13.0 Å². The third-order valence-corrected chi connectivity index (χ3v) is 4.47. The van der Waals surface area contributed by atoms with Crippen molar-refractivity contribution in [1.29, 1.82) is 0 Å². The molecule has 130 valence electrons. The van der Waals surface area contributed by atoms with Gasteiger partial charge in [0.15, 0.2) is 0 Å². The number of halogens is 2. The first-order chi connectivity index (χ1) is 12.1. The van der Waals surface area contributed by atoms with Crippen molar-refractivity contribution in [2.45, 2.75) is 19.4 Å². The molecule has 0 atom stereocenters. The Kier molecular flexibility index (Phi) is 5.84. The third-order valence-electron chi connectivity index (χ3n) is 3.89. The normalized spacial score (nSPS) is 10.8. The highest BCUT2D eigenvalue weighted by Gasteiger charge is 2.12. The molecule has 0 aliphatic carbocycles. The van der Waals surface area contributed by atoms with Crippen LogP contribution in [0.5, 0.6) is 5.75 Å². The highest BCUT2D eigenvalue weighted by atomic mass is 35.5. The molecule has 0 bridgehead atoms. The number of aromatic nitrogens is 2. The topological polar surface area (TPSA) is 47.0 Å². The van der Waals surface area contributed by atoms with E-state index in [1.54, 1.807) is 24.4 Å². The minimum Gasteiger partial charge on any atom is -0.493 e. The molecule has 3 aromatic rings. The Morgan fingerprint density at radius 2 is 1.92 bits per heavy atom. The first kappa shape index (κ1) is 17.6. The maximum absolute atomic E-state index is 12.2. The summed E-state index contributed by atoms with van der Waals surface area (Å²) in [5, 5.41) is 1.10. The summed E-state index contributed by atoms with van der Waals surface area (Å²) in [5.74, 6) is 0.585. The van der Waals surface area contributed by atoms with Gasteiger partial charge in [-0.15, -0.1) is 0 Å². The summed E-state index contributed by atoms with van der Waals surface area (Å²) >= 11 is 12.2. The van der Waals surface area contributed by atoms with E-state index in [9.17, 15) is 4.79 Å². The van der Waals surface area contributed by atoms with Crippen molar-refractivity contribution in [3.8, 4) is 5.75 Å². The number of benzene rings is 1. The SMILES string of the molecule is O=c1[nH]ccc(OCCCn2cccc2)c1Cc1ccc(Cl)cc1Cl. The van der Waals surface area contributed by atoms with Crippen molar-refractivity contribution in [2.24, 2.45) is 0 Å². The molecule has 0 unspecified atom stereocenters. The largest absolute Gasteiger partial charge is 0.493 e. The van der Waals surface area contributed by atoms with Crippen LogP contribution in [0.3, 0.4) is 0 Å². The Labute approximate surface area is 156 Å². The first-order valence-electron chi connectivity index (χ1n) is 8.01. The van der Waals surface area contributed by atoms with Gasteiger partial charge in [-0.25, -0.2) is 0 Å². The van der Waals surface area contributed by atoms with E-state index < -0.39 is 0 Å². The van der Waals surface area contributed by atoms with Gasteiger partial charge in [0.2, 0.25) is 0 Å². The van der Waals surface area contributed by atoms with Gasteiger partial charge in [0.05, 0.1) is 12.2 Å². The van der Waals surface area contributed by atoms with Gasteiger partial charge in [-0.1, -0.05) is 29.3 Å². The summed E-state index contributed by atoms with van der Waals surface area (Å²) in [6.07, 6.45) is 6.86. The smallest absolute Gasteiger partial charge is 0.255 e. The predicted octanol–water partition coefficient (Wildman–Crippen LogP) is 4.54. The fourth-order valence-corrected chi connectivity index (χ4v) is 3.07. The van der Waals surface area contributed by atoms with Crippen LogP contribution in [0.1, 0.15) is 17.5 Å². The molecule has 0 saturated heterocycles. The Bertz CT molecular complexity index is 889. The van der Waals surface area contributed by atoms with Gasteiger partial charge in [-0.3, -0.25) is 4.79 Å². The summed E-state index contributed by atoms with van der Waals surface area (Å²) in [6, 6.07) is 11.0. The molecular formula is C19H18Cl2N2O2. The van der Waals surface area contributed by atoms with E-state index in [0.29, 0.717) is 34.4 Å². The Hall–Kier alpha value is -2.17. The standard InChI is InChI=1S/C19H18Cl2N2O2/c20-15-5-4-14(17(21)13-15)12-16-18(6-7-22-19(16)24)25-11-3-10-23-8-1-2-9-23/h1-2,4-9,13H,3,10-12H2,(H,22,24). The number of aromatic amines is 1. The molecule has 0 amide bonds. The number of rotatable bonds is 7. The summed E-state index contributed by atoms with van der Waals surface area (Å²) < 4.78 is 7.94. The molecule has 0 radical (unpaired) electrons. The van der Waals surface area contributed by atoms with Crippen LogP contribution < -0.4 is 10.3 Å². The van der Waals surface area contributed by atoms with E-state index in [2.05, 4.69) is 9.55 Å². The average Bonchev–Trinajstić information content (AvgIpc) is 3.10.